The van der Waals surface area contributed by atoms with Gasteiger partial charge >= 0.3 is 6.03 Å². The van der Waals surface area contributed by atoms with E-state index in [1.165, 1.54) is 10.4 Å². The minimum Gasteiger partial charge on any atom is -0.320 e. The Kier molecular flexibility index (Phi) is 5.99. The van der Waals surface area contributed by atoms with Crippen molar-refractivity contribution < 1.29 is 17.6 Å². The van der Waals surface area contributed by atoms with E-state index in [1.54, 1.807) is 0 Å². The van der Waals surface area contributed by atoms with Crippen molar-refractivity contribution >= 4 is 27.7 Å². The molecule has 30 heavy (non-hydrogen) atoms. The number of benzene rings is 2. The molecule has 0 spiro atoms. The van der Waals surface area contributed by atoms with Crippen LogP contribution in [0.25, 0.3) is 0 Å². The third kappa shape index (κ3) is 4.17. The molecular formula is C21H23ClFN3O3S. The maximum atomic E-state index is 13.4. The van der Waals surface area contributed by atoms with Gasteiger partial charge in [-0.2, -0.15) is 4.31 Å². The van der Waals surface area contributed by atoms with Crippen molar-refractivity contribution in [1.29, 1.82) is 0 Å². The molecular weight excluding hydrogens is 429 g/mol. The van der Waals surface area contributed by atoms with E-state index in [9.17, 15) is 17.6 Å². The number of rotatable bonds is 5. The number of halogens is 2. The van der Waals surface area contributed by atoms with Crippen LogP contribution in [-0.2, 0) is 16.6 Å². The van der Waals surface area contributed by atoms with Crippen LogP contribution in [0.4, 0.5) is 9.18 Å². The van der Waals surface area contributed by atoms with E-state index in [4.69, 9.17) is 11.6 Å². The molecule has 6 nitrogen and oxygen atoms in total. The second kappa shape index (κ2) is 8.53. The van der Waals surface area contributed by atoms with E-state index in [-0.39, 0.29) is 22.0 Å². The Morgan fingerprint density at radius 1 is 1.00 bits per heavy atom. The molecule has 0 aliphatic carbocycles. The Hall–Kier alpha value is -2.16. The van der Waals surface area contributed by atoms with Gasteiger partial charge in [-0.05, 0) is 36.6 Å². The second-order valence-electron chi connectivity index (χ2n) is 7.59. The van der Waals surface area contributed by atoms with Gasteiger partial charge in [0.15, 0.2) is 0 Å². The number of nitrogens with zero attached hydrogens (tertiary/aromatic N) is 3. The van der Waals surface area contributed by atoms with E-state index in [1.807, 2.05) is 40.1 Å². The van der Waals surface area contributed by atoms with Gasteiger partial charge in [0, 0.05) is 38.8 Å². The molecule has 0 atom stereocenters. The first kappa shape index (κ1) is 21.1. The molecule has 0 saturated carbocycles. The summed E-state index contributed by atoms with van der Waals surface area (Å²) in [6.07, 6.45) is 1.14. The minimum absolute atomic E-state index is 0.00507. The van der Waals surface area contributed by atoms with Gasteiger partial charge in [-0.3, -0.25) is 0 Å². The molecule has 2 fully saturated rings. The van der Waals surface area contributed by atoms with Crippen LogP contribution in [0.15, 0.2) is 53.4 Å². The number of carbonyl (C=O) groups excluding carboxylic acids is 1. The molecule has 2 aliphatic heterocycles. The molecule has 2 aliphatic rings. The lowest BCUT2D eigenvalue weighted by Crippen LogP contribution is -2.47. The summed E-state index contributed by atoms with van der Waals surface area (Å²) in [5, 5.41) is -0.216. The summed E-state index contributed by atoms with van der Waals surface area (Å²) in [4.78, 5) is 16.5. The molecule has 0 radical (unpaired) electrons. The number of carbonyl (C=O) groups is 1. The first-order valence-corrected chi connectivity index (χ1v) is 11.7. The molecule has 0 bridgehead atoms. The molecule has 2 aromatic carbocycles. The third-order valence-corrected chi connectivity index (χ3v) is 7.92. The average molecular weight is 452 g/mol. The predicted molar refractivity (Wildman–Crippen MR) is 112 cm³/mol. The standard InChI is InChI=1S/C21H23ClFN3O3S/c22-19-14-18(6-7-20(19)23)30(28,29)25-10-8-17(9-11-25)26-13-12-24(21(26)27)15-16-4-2-1-3-5-16/h1-7,14,17H,8-13,15H2. The van der Waals surface area contributed by atoms with Crippen molar-refractivity contribution in [2.24, 2.45) is 0 Å². The number of hydrogen-bond acceptors (Lipinski definition) is 3. The van der Waals surface area contributed by atoms with Crippen molar-refractivity contribution in [1.82, 2.24) is 14.1 Å². The Morgan fingerprint density at radius 2 is 1.70 bits per heavy atom. The Balaban J connectivity index is 1.37. The number of piperidine rings is 1. The van der Waals surface area contributed by atoms with Crippen LogP contribution in [0.2, 0.25) is 5.02 Å². The largest absolute Gasteiger partial charge is 0.320 e. The summed E-state index contributed by atoms with van der Waals surface area (Å²) in [7, 11) is -3.74. The fraction of sp³-hybridized carbons (Fsp3) is 0.381. The lowest BCUT2D eigenvalue weighted by atomic mass is 10.1. The van der Waals surface area contributed by atoms with Gasteiger partial charge in [0.05, 0.1) is 9.92 Å². The highest BCUT2D eigenvalue weighted by Gasteiger charge is 2.37. The molecule has 160 valence electrons. The monoisotopic (exact) mass is 451 g/mol. The van der Waals surface area contributed by atoms with Crippen molar-refractivity contribution in [3.05, 3.63) is 64.9 Å². The van der Waals surface area contributed by atoms with Crippen LogP contribution in [-0.4, -0.2) is 60.8 Å². The smallest absolute Gasteiger partial charge is 0.320 e. The van der Waals surface area contributed by atoms with Gasteiger partial charge in [0.1, 0.15) is 5.82 Å². The van der Waals surface area contributed by atoms with Crippen LogP contribution in [0.1, 0.15) is 18.4 Å². The maximum absolute atomic E-state index is 13.4. The van der Waals surface area contributed by atoms with E-state index in [2.05, 4.69) is 0 Å². The van der Waals surface area contributed by atoms with Crippen molar-refractivity contribution in [3.63, 3.8) is 0 Å². The highest BCUT2D eigenvalue weighted by Crippen LogP contribution is 2.27. The van der Waals surface area contributed by atoms with Crippen LogP contribution in [0.5, 0.6) is 0 Å². The molecule has 0 N–H and O–H groups in total. The summed E-state index contributed by atoms with van der Waals surface area (Å²) in [6, 6.07) is 13.3. The molecule has 2 heterocycles. The number of sulfonamides is 1. The highest BCUT2D eigenvalue weighted by atomic mass is 35.5. The molecule has 2 saturated heterocycles. The van der Waals surface area contributed by atoms with Crippen LogP contribution in [0.3, 0.4) is 0 Å². The summed E-state index contributed by atoms with van der Waals surface area (Å²) < 4.78 is 40.5. The van der Waals surface area contributed by atoms with E-state index >= 15 is 0 Å². The molecule has 4 rings (SSSR count). The highest BCUT2D eigenvalue weighted by molar-refractivity contribution is 7.89. The number of amides is 2. The van der Waals surface area contributed by atoms with Crippen LogP contribution in [0, 0.1) is 5.82 Å². The molecule has 0 unspecified atom stereocenters. The normalized spacial score (nSPS) is 18.9. The van der Waals surface area contributed by atoms with Crippen LogP contribution < -0.4 is 0 Å². The zero-order valence-corrected chi connectivity index (χ0v) is 17.9. The fourth-order valence-electron chi connectivity index (χ4n) is 4.07. The van der Waals surface area contributed by atoms with E-state index < -0.39 is 15.8 Å². The van der Waals surface area contributed by atoms with Gasteiger partial charge < -0.3 is 9.80 Å². The van der Waals surface area contributed by atoms with Gasteiger partial charge in [-0.25, -0.2) is 17.6 Å². The molecule has 0 aromatic heterocycles. The van der Waals surface area contributed by atoms with E-state index in [0.717, 1.165) is 17.7 Å². The summed E-state index contributed by atoms with van der Waals surface area (Å²) in [5.41, 5.74) is 1.09. The molecule has 2 aromatic rings. The Bertz CT molecular complexity index is 1030. The Labute approximate surface area is 180 Å². The summed E-state index contributed by atoms with van der Waals surface area (Å²) in [6.45, 7) is 2.51. The fourth-order valence-corrected chi connectivity index (χ4v) is 5.81. The lowest BCUT2D eigenvalue weighted by molar-refractivity contribution is 0.153. The summed E-state index contributed by atoms with van der Waals surface area (Å²) in [5.74, 6) is -0.651. The molecule has 2 amide bonds. The van der Waals surface area contributed by atoms with Crippen molar-refractivity contribution in [2.75, 3.05) is 26.2 Å². The maximum Gasteiger partial charge on any atom is 0.320 e. The van der Waals surface area contributed by atoms with Crippen LogP contribution >= 0.6 is 11.6 Å². The average Bonchev–Trinajstić information content (AvgIpc) is 3.11. The minimum atomic E-state index is -3.74. The zero-order valence-electron chi connectivity index (χ0n) is 16.4. The number of hydrogen-bond donors (Lipinski definition) is 0. The SMILES string of the molecule is O=C1N(Cc2ccccc2)CCN1C1CCN(S(=O)(=O)c2ccc(F)c(Cl)c2)CC1. The van der Waals surface area contributed by atoms with Gasteiger partial charge in [0.25, 0.3) is 0 Å². The van der Waals surface area contributed by atoms with Gasteiger partial charge in [0.2, 0.25) is 10.0 Å². The molecule has 9 heteroatoms. The zero-order chi connectivity index (χ0) is 21.3. The quantitative estimate of drug-likeness (QED) is 0.698. The topological polar surface area (TPSA) is 60.9 Å². The lowest BCUT2D eigenvalue weighted by Gasteiger charge is -2.35. The third-order valence-electron chi connectivity index (χ3n) is 5.74. The van der Waals surface area contributed by atoms with E-state index in [0.29, 0.717) is 45.6 Å². The first-order chi connectivity index (χ1) is 14.4. The Morgan fingerprint density at radius 3 is 2.37 bits per heavy atom. The second-order valence-corrected chi connectivity index (χ2v) is 9.94. The van der Waals surface area contributed by atoms with Gasteiger partial charge in [-0.15, -0.1) is 0 Å². The van der Waals surface area contributed by atoms with Crippen molar-refractivity contribution in [3.8, 4) is 0 Å². The van der Waals surface area contributed by atoms with Crippen molar-refractivity contribution in [2.45, 2.75) is 30.3 Å². The predicted octanol–water partition coefficient (Wildman–Crippen LogP) is 3.57. The number of urea groups is 1. The summed E-state index contributed by atoms with van der Waals surface area (Å²) >= 11 is 5.75. The van der Waals surface area contributed by atoms with Gasteiger partial charge in [-0.1, -0.05) is 41.9 Å². The first-order valence-electron chi connectivity index (χ1n) is 9.91.